The molecule has 0 spiro atoms. The fourth-order valence-electron chi connectivity index (χ4n) is 0.843. The van der Waals surface area contributed by atoms with Crippen molar-refractivity contribution >= 4 is 11.3 Å². The molecule has 0 amide bonds. The molecule has 1 atom stereocenters. The van der Waals surface area contributed by atoms with E-state index in [0.717, 1.165) is 10.7 Å². The van der Waals surface area contributed by atoms with Gasteiger partial charge in [0.2, 0.25) is 0 Å². The monoisotopic (exact) mass is 183 g/mol. The highest BCUT2D eigenvalue weighted by molar-refractivity contribution is 7.09. The van der Waals surface area contributed by atoms with E-state index in [2.05, 4.69) is 11.6 Å². The standard InChI is InChI=1S/C9H13NOS/c1-4-5-11-8(3)9-10-7(2)6-12-9/h4,6,8H,1,5H2,2-3H3. The van der Waals surface area contributed by atoms with Crippen LogP contribution >= 0.6 is 11.3 Å². The number of aryl methyl sites for hydroxylation is 1. The van der Waals surface area contributed by atoms with Crippen LogP contribution in [0.25, 0.3) is 0 Å². The molecular formula is C9H13NOS. The van der Waals surface area contributed by atoms with Gasteiger partial charge in [0, 0.05) is 11.1 Å². The Balaban J connectivity index is 2.52. The van der Waals surface area contributed by atoms with Crippen LogP contribution < -0.4 is 0 Å². The van der Waals surface area contributed by atoms with Crippen molar-refractivity contribution in [1.29, 1.82) is 0 Å². The number of ether oxygens (including phenoxy) is 1. The molecule has 1 unspecified atom stereocenters. The van der Waals surface area contributed by atoms with Gasteiger partial charge < -0.3 is 4.74 Å². The van der Waals surface area contributed by atoms with E-state index >= 15 is 0 Å². The summed E-state index contributed by atoms with van der Waals surface area (Å²) in [7, 11) is 0. The zero-order valence-corrected chi connectivity index (χ0v) is 8.23. The van der Waals surface area contributed by atoms with Crippen LogP contribution in [0.5, 0.6) is 0 Å². The first-order valence-corrected chi connectivity index (χ1v) is 4.76. The molecule has 0 saturated carbocycles. The van der Waals surface area contributed by atoms with Crippen molar-refractivity contribution in [2.45, 2.75) is 20.0 Å². The van der Waals surface area contributed by atoms with Crippen molar-refractivity contribution in [1.82, 2.24) is 4.98 Å². The van der Waals surface area contributed by atoms with E-state index < -0.39 is 0 Å². The Labute approximate surface area is 76.9 Å². The van der Waals surface area contributed by atoms with Crippen LogP contribution in [0.4, 0.5) is 0 Å². The van der Waals surface area contributed by atoms with Gasteiger partial charge in [-0.3, -0.25) is 0 Å². The van der Waals surface area contributed by atoms with E-state index in [1.807, 2.05) is 19.2 Å². The Morgan fingerprint density at radius 2 is 2.58 bits per heavy atom. The fraction of sp³-hybridized carbons (Fsp3) is 0.444. The van der Waals surface area contributed by atoms with Gasteiger partial charge in [0.25, 0.3) is 0 Å². The number of hydrogen-bond acceptors (Lipinski definition) is 3. The molecule has 1 aromatic rings. The maximum absolute atomic E-state index is 5.42. The predicted molar refractivity (Wildman–Crippen MR) is 51.4 cm³/mol. The van der Waals surface area contributed by atoms with Gasteiger partial charge in [-0.05, 0) is 13.8 Å². The number of hydrogen-bond donors (Lipinski definition) is 0. The third-order valence-electron chi connectivity index (χ3n) is 1.45. The highest BCUT2D eigenvalue weighted by atomic mass is 32.1. The van der Waals surface area contributed by atoms with Crippen LogP contribution in [-0.2, 0) is 4.74 Å². The summed E-state index contributed by atoms with van der Waals surface area (Å²) in [6, 6.07) is 0. The third kappa shape index (κ3) is 2.43. The second-order valence-electron chi connectivity index (χ2n) is 2.59. The normalized spacial score (nSPS) is 12.8. The zero-order chi connectivity index (χ0) is 8.97. The molecule has 3 heteroatoms. The summed E-state index contributed by atoms with van der Waals surface area (Å²) in [6.45, 7) is 8.16. The number of aromatic nitrogens is 1. The Hall–Kier alpha value is -0.670. The summed E-state index contributed by atoms with van der Waals surface area (Å²) in [4.78, 5) is 4.32. The lowest BCUT2D eigenvalue weighted by Gasteiger charge is -2.06. The Bertz CT molecular complexity index is 257. The first-order valence-electron chi connectivity index (χ1n) is 3.88. The minimum atomic E-state index is 0.0849. The quantitative estimate of drug-likeness (QED) is 0.669. The summed E-state index contributed by atoms with van der Waals surface area (Å²) in [5.74, 6) is 0. The second-order valence-corrected chi connectivity index (χ2v) is 3.48. The molecule has 0 aromatic carbocycles. The van der Waals surface area contributed by atoms with Crippen molar-refractivity contribution in [3.8, 4) is 0 Å². The molecule has 0 bridgehead atoms. The van der Waals surface area contributed by atoms with E-state index in [9.17, 15) is 0 Å². The first kappa shape index (κ1) is 9.42. The van der Waals surface area contributed by atoms with E-state index in [4.69, 9.17) is 4.74 Å². The van der Waals surface area contributed by atoms with Gasteiger partial charge in [-0.1, -0.05) is 6.08 Å². The van der Waals surface area contributed by atoms with Gasteiger partial charge in [-0.25, -0.2) is 4.98 Å². The Morgan fingerprint density at radius 3 is 3.08 bits per heavy atom. The van der Waals surface area contributed by atoms with E-state index in [1.54, 1.807) is 17.4 Å². The molecule has 1 aromatic heterocycles. The number of rotatable bonds is 4. The molecule has 0 fully saturated rings. The lowest BCUT2D eigenvalue weighted by Crippen LogP contribution is -1.99. The third-order valence-corrected chi connectivity index (χ3v) is 2.57. The van der Waals surface area contributed by atoms with Crippen LogP contribution in [0.15, 0.2) is 18.0 Å². The van der Waals surface area contributed by atoms with E-state index in [0.29, 0.717) is 6.61 Å². The highest BCUT2D eigenvalue weighted by Gasteiger charge is 2.07. The van der Waals surface area contributed by atoms with Crippen LogP contribution in [0.2, 0.25) is 0 Å². The maximum atomic E-state index is 5.42. The Morgan fingerprint density at radius 1 is 1.83 bits per heavy atom. The largest absolute Gasteiger partial charge is 0.367 e. The van der Waals surface area contributed by atoms with E-state index in [-0.39, 0.29) is 6.10 Å². The molecule has 1 rings (SSSR count). The van der Waals surface area contributed by atoms with Crippen LogP contribution in [0, 0.1) is 6.92 Å². The fourth-order valence-corrected chi connectivity index (χ4v) is 1.64. The smallest absolute Gasteiger partial charge is 0.121 e. The van der Waals surface area contributed by atoms with Crippen molar-refractivity contribution in [3.63, 3.8) is 0 Å². The first-order chi connectivity index (χ1) is 5.74. The Kier molecular flexibility index (Phi) is 3.44. The molecule has 66 valence electrons. The van der Waals surface area contributed by atoms with Gasteiger partial charge in [-0.15, -0.1) is 17.9 Å². The summed E-state index contributed by atoms with van der Waals surface area (Å²) in [6.07, 6.45) is 1.83. The zero-order valence-electron chi connectivity index (χ0n) is 7.41. The van der Waals surface area contributed by atoms with Crippen molar-refractivity contribution < 1.29 is 4.74 Å². The topological polar surface area (TPSA) is 22.1 Å². The van der Waals surface area contributed by atoms with Crippen molar-refractivity contribution in [2.75, 3.05) is 6.61 Å². The predicted octanol–water partition coefficient (Wildman–Crippen LogP) is 2.72. The second kappa shape index (κ2) is 4.38. The number of nitrogens with zero attached hydrogens (tertiary/aromatic N) is 1. The van der Waals surface area contributed by atoms with Crippen molar-refractivity contribution in [3.05, 3.63) is 28.7 Å². The summed E-state index contributed by atoms with van der Waals surface area (Å²) >= 11 is 1.64. The van der Waals surface area contributed by atoms with Gasteiger partial charge in [-0.2, -0.15) is 0 Å². The molecular weight excluding hydrogens is 170 g/mol. The molecule has 1 heterocycles. The van der Waals surface area contributed by atoms with Crippen LogP contribution in [-0.4, -0.2) is 11.6 Å². The maximum Gasteiger partial charge on any atom is 0.121 e. The van der Waals surface area contributed by atoms with Crippen LogP contribution in [0.1, 0.15) is 23.7 Å². The summed E-state index contributed by atoms with van der Waals surface area (Å²) in [5.41, 5.74) is 1.06. The highest BCUT2D eigenvalue weighted by Crippen LogP contribution is 2.20. The molecule has 0 radical (unpaired) electrons. The lowest BCUT2D eigenvalue weighted by atomic mass is 10.4. The molecule has 0 N–H and O–H groups in total. The van der Waals surface area contributed by atoms with E-state index in [1.165, 1.54) is 0 Å². The minimum Gasteiger partial charge on any atom is -0.367 e. The van der Waals surface area contributed by atoms with Crippen LogP contribution in [0.3, 0.4) is 0 Å². The van der Waals surface area contributed by atoms with Crippen molar-refractivity contribution in [2.24, 2.45) is 0 Å². The average molecular weight is 183 g/mol. The van der Waals surface area contributed by atoms with Gasteiger partial charge in [0.05, 0.1) is 6.61 Å². The molecule has 2 nitrogen and oxygen atoms in total. The molecule has 12 heavy (non-hydrogen) atoms. The van der Waals surface area contributed by atoms with Gasteiger partial charge >= 0.3 is 0 Å². The SMILES string of the molecule is C=CCOC(C)c1nc(C)cs1. The number of thiazole rings is 1. The molecule has 0 aliphatic heterocycles. The minimum absolute atomic E-state index is 0.0849. The van der Waals surface area contributed by atoms with Gasteiger partial charge in [0.15, 0.2) is 0 Å². The summed E-state index contributed by atoms with van der Waals surface area (Å²) in [5, 5.41) is 3.07. The molecule has 0 aliphatic rings. The molecule has 0 saturated heterocycles. The lowest BCUT2D eigenvalue weighted by molar-refractivity contribution is 0.0885. The van der Waals surface area contributed by atoms with Gasteiger partial charge in [0.1, 0.15) is 11.1 Å². The summed E-state index contributed by atoms with van der Waals surface area (Å²) < 4.78 is 5.42. The average Bonchev–Trinajstić information content (AvgIpc) is 2.47. The molecule has 0 aliphatic carbocycles.